The third kappa shape index (κ3) is 3.46. The molecule has 1 saturated heterocycles. The van der Waals surface area contributed by atoms with E-state index >= 15 is 0 Å². The molecule has 1 aromatic carbocycles. The molecule has 1 fully saturated rings. The summed E-state index contributed by atoms with van der Waals surface area (Å²) < 4.78 is 10.8. The van der Waals surface area contributed by atoms with Crippen LogP contribution in [0.15, 0.2) is 24.3 Å². The summed E-state index contributed by atoms with van der Waals surface area (Å²) in [5.41, 5.74) is 1.25. The van der Waals surface area contributed by atoms with Crippen LogP contribution in [0.2, 0.25) is 0 Å². The van der Waals surface area contributed by atoms with Gasteiger partial charge >= 0.3 is 0 Å². The summed E-state index contributed by atoms with van der Waals surface area (Å²) in [6.45, 7) is 6.03. The number of benzene rings is 1. The quantitative estimate of drug-likeness (QED) is 0.882. The molecule has 0 aromatic heterocycles. The van der Waals surface area contributed by atoms with Gasteiger partial charge in [0.05, 0.1) is 6.10 Å². The monoisotopic (exact) mass is 260 g/mol. The second-order valence-corrected chi connectivity index (χ2v) is 5.12. The van der Waals surface area contributed by atoms with E-state index in [1.54, 1.807) is 0 Å². The first-order chi connectivity index (χ1) is 9.14. The standard InChI is InChI=1S/C15H20N2O2/c1-12-15(2,7-9-18-12)17-11-13-3-5-14(6-4-13)19-10-8-16/h3-6,12,17H,7,9-11H2,1-2H3. The molecule has 4 heteroatoms. The van der Waals surface area contributed by atoms with Crippen LogP contribution in [0.5, 0.6) is 5.75 Å². The van der Waals surface area contributed by atoms with Crippen LogP contribution in [-0.2, 0) is 11.3 Å². The van der Waals surface area contributed by atoms with E-state index in [2.05, 4.69) is 19.2 Å². The number of rotatable bonds is 5. The van der Waals surface area contributed by atoms with Crippen LogP contribution in [0, 0.1) is 11.3 Å². The zero-order valence-electron chi connectivity index (χ0n) is 11.5. The molecular formula is C15H20N2O2. The molecule has 2 atom stereocenters. The van der Waals surface area contributed by atoms with Gasteiger partial charge in [0, 0.05) is 18.7 Å². The van der Waals surface area contributed by atoms with Crippen LogP contribution >= 0.6 is 0 Å². The van der Waals surface area contributed by atoms with E-state index in [0.717, 1.165) is 25.3 Å². The highest BCUT2D eigenvalue weighted by molar-refractivity contribution is 5.27. The Labute approximate surface area is 114 Å². The Morgan fingerprint density at radius 2 is 2.21 bits per heavy atom. The van der Waals surface area contributed by atoms with E-state index in [1.165, 1.54) is 5.56 Å². The van der Waals surface area contributed by atoms with Gasteiger partial charge in [0.1, 0.15) is 11.8 Å². The first-order valence-corrected chi connectivity index (χ1v) is 6.59. The fourth-order valence-corrected chi connectivity index (χ4v) is 2.19. The van der Waals surface area contributed by atoms with E-state index in [0.29, 0.717) is 0 Å². The van der Waals surface area contributed by atoms with Crippen LogP contribution < -0.4 is 10.1 Å². The predicted molar refractivity (Wildman–Crippen MR) is 72.8 cm³/mol. The normalized spacial score (nSPS) is 26.1. The van der Waals surface area contributed by atoms with Crippen molar-refractivity contribution in [2.45, 2.75) is 38.5 Å². The zero-order valence-corrected chi connectivity index (χ0v) is 11.5. The number of hydrogen-bond donors (Lipinski definition) is 1. The van der Waals surface area contributed by atoms with Gasteiger partial charge in [-0.2, -0.15) is 5.26 Å². The summed E-state index contributed by atoms with van der Waals surface area (Å²) >= 11 is 0. The molecule has 19 heavy (non-hydrogen) atoms. The summed E-state index contributed by atoms with van der Waals surface area (Å²) in [4.78, 5) is 0. The minimum Gasteiger partial charge on any atom is -0.479 e. The lowest BCUT2D eigenvalue weighted by Gasteiger charge is -2.29. The van der Waals surface area contributed by atoms with Crippen LogP contribution in [-0.4, -0.2) is 24.9 Å². The van der Waals surface area contributed by atoms with Crippen LogP contribution in [0.3, 0.4) is 0 Å². The lowest BCUT2D eigenvalue weighted by atomic mass is 9.94. The Bertz CT molecular complexity index is 452. The maximum absolute atomic E-state index is 8.44. The predicted octanol–water partition coefficient (Wildman–Crippen LogP) is 2.25. The largest absolute Gasteiger partial charge is 0.479 e. The zero-order chi connectivity index (χ0) is 13.7. The number of hydrogen-bond acceptors (Lipinski definition) is 4. The fourth-order valence-electron chi connectivity index (χ4n) is 2.19. The summed E-state index contributed by atoms with van der Waals surface area (Å²) in [6.07, 6.45) is 1.28. The third-order valence-corrected chi connectivity index (χ3v) is 3.81. The number of ether oxygens (including phenoxy) is 2. The van der Waals surface area contributed by atoms with Gasteiger partial charge in [-0.05, 0) is 38.0 Å². The molecule has 0 amide bonds. The summed E-state index contributed by atoms with van der Waals surface area (Å²) in [5, 5.41) is 12.0. The van der Waals surface area contributed by atoms with Crippen molar-refractivity contribution in [3.63, 3.8) is 0 Å². The van der Waals surface area contributed by atoms with Crippen molar-refractivity contribution in [3.8, 4) is 11.8 Å². The molecular weight excluding hydrogens is 240 g/mol. The number of nitriles is 1. The first kappa shape index (κ1) is 13.9. The Balaban J connectivity index is 1.88. The number of nitrogens with one attached hydrogen (secondary N) is 1. The lowest BCUT2D eigenvalue weighted by Crippen LogP contribution is -2.47. The van der Waals surface area contributed by atoms with E-state index in [-0.39, 0.29) is 18.2 Å². The van der Waals surface area contributed by atoms with Crippen molar-refractivity contribution in [2.24, 2.45) is 0 Å². The Morgan fingerprint density at radius 1 is 1.47 bits per heavy atom. The highest BCUT2D eigenvalue weighted by Gasteiger charge is 2.36. The first-order valence-electron chi connectivity index (χ1n) is 6.59. The Kier molecular flexibility index (Phi) is 4.41. The molecule has 0 spiro atoms. The van der Waals surface area contributed by atoms with Crippen LogP contribution in [0.1, 0.15) is 25.8 Å². The Morgan fingerprint density at radius 3 is 2.79 bits per heavy atom. The molecule has 1 heterocycles. The SMILES string of the molecule is CC1OCCC1(C)NCc1ccc(OCC#N)cc1. The third-order valence-electron chi connectivity index (χ3n) is 3.81. The van der Waals surface area contributed by atoms with Crippen molar-refractivity contribution in [1.29, 1.82) is 5.26 Å². The van der Waals surface area contributed by atoms with E-state index in [1.807, 2.05) is 30.3 Å². The molecule has 0 bridgehead atoms. The molecule has 2 rings (SSSR count). The second-order valence-electron chi connectivity index (χ2n) is 5.12. The second kappa shape index (κ2) is 6.05. The van der Waals surface area contributed by atoms with Crippen LogP contribution in [0.25, 0.3) is 0 Å². The summed E-state index contributed by atoms with van der Waals surface area (Å²) in [5.74, 6) is 0.731. The molecule has 4 nitrogen and oxygen atoms in total. The molecule has 102 valence electrons. The average molecular weight is 260 g/mol. The van der Waals surface area contributed by atoms with Gasteiger partial charge in [-0.1, -0.05) is 12.1 Å². The minimum atomic E-state index is 0.0516. The molecule has 1 N–H and O–H groups in total. The van der Waals surface area contributed by atoms with Crippen LogP contribution in [0.4, 0.5) is 0 Å². The van der Waals surface area contributed by atoms with Crippen molar-refractivity contribution in [2.75, 3.05) is 13.2 Å². The summed E-state index contributed by atoms with van der Waals surface area (Å²) in [7, 11) is 0. The van der Waals surface area contributed by atoms with Gasteiger partial charge < -0.3 is 14.8 Å². The van der Waals surface area contributed by atoms with E-state index in [9.17, 15) is 0 Å². The molecule has 1 aliphatic heterocycles. The Hall–Kier alpha value is -1.57. The average Bonchev–Trinajstić information content (AvgIpc) is 2.76. The topological polar surface area (TPSA) is 54.3 Å². The van der Waals surface area contributed by atoms with Gasteiger partial charge in [0.25, 0.3) is 0 Å². The molecule has 2 unspecified atom stereocenters. The van der Waals surface area contributed by atoms with Crippen molar-refractivity contribution in [1.82, 2.24) is 5.32 Å². The molecule has 0 saturated carbocycles. The minimum absolute atomic E-state index is 0.0516. The van der Waals surface area contributed by atoms with Gasteiger partial charge in [0.15, 0.2) is 6.61 Å². The van der Waals surface area contributed by atoms with Crippen molar-refractivity contribution >= 4 is 0 Å². The number of nitrogens with zero attached hydrogens (tertiary/aromatic N) is 1. The van der Waals surface area contributed by atoms with E-state index in [4.69, 9.17) is 14.7 Å². The lowest BCUT2D eigenvalue weighted by molar-refractivity contribution is 0.0881. The van der Waals surface area contributed by atoms with Crippen molar-refractivity contribution in [3.05, 3.63) is 29.8 Å². The highest BCUT2D eigenvalue weighted by atomic mass is 16.5. The fraction of sp³-hybridized carbons (Fsp3) is 0.533. The van der Waals surface area contributed by atoms with Gasteiger partial charge in [-0.3, -0.25) is 0 Å². The van der Waals surface area contributed by atoms with E-state index < -0.39 is 0 Å². The highest BCUT2D eigenvalue weighted by Crippen LogP contribution is 2.25. The molecule has 0 aliphatic carbocycles. The summed E-state index contributed by atoms with van der Waals surface area (Å²) in [6, 6.07) is 9.78. The maximum atomic E-state index is 8.44. The van der Waals surface area contributed by atoms with Gasteiger partial charge in [-0.25, -0.2) is 0 Å². The molecule has 1 aliphatic rings. The van der Waals surface area contributed by atoms with Gasteiger partial charge in [-0.15, -0.1) is 0 Å². The van der Waals surface area contributed by atoms with Gasteiger partial charge in [0.2, 0.25) is 0 Å². The smallest absolute Gasteiger partial charge is 0.174 e. The molecule has 0 radical (unpaired) electrons. The van der Waals surface area contributed by atoms with Crippen molar-refractivity contribution < 1.29 is 9.47 Å². The maximum Gasteiger partial charge on any atom is 0.174 e. The molecule has 1 aromatic rings.